The standard InChI is InChI=1S/C13H14OS/c1-2-9-15-13-8-7-12(14)10-5-3-4-6-11(10)13/h3-8,14H,2,9H2,1H3. The highest BCUT2D eigenvalue weighted by Gasteiger charge is 2.04. The number of rotatable bonds is 3. The van der Waals surface area contributed by atoms with E-state index >= 15 is 0 Å². The SMILES string of the molecule is CCCSc1ccc(O)c2ccccc12. The second kappa shape index (κ2) is 4.58. The lowest BCUT2D eigenvalue weighted by atomic mass is 10.1. The van der Waals surface area contributed by atoms with Crippen molar-refractivity contribution in [2.24, 2.45) is 0 Å². The van der Waals surface area contributed by atoms with Crippen molar-refractivity contribution in [2.75, 3.05) is 5.75 Å². The molecule has 2 aromatic rings. The second-order valence-electron chi connectivity index (χ2n) is 3.48. The van der Waals surface area contributed by atoms with E-state index in [0.29, 0.717) is 5.75 Å². The van der Waals surface area contributed by atoms with E-state index in [1.807, 2.05) is 36.0 Å². The molecule has 0 fully saturated rings. The first-order valence-corrected chi connectivity index (χ1v) is 6.15. The minimum Gasteiger partial charge on any atom is -0.507 e. The number of hydrogen-bond donors (Lipinski definition) is 1. The molecule has 0 radical (unpaired) electrons. The molecule has 0 aliphatic carbocycles. The average molecular weight is 218 g/mol. The van der Waals surface area contributed by atoms with Crippen LogP contribution in [0, 0.1) is 0 Å². The number of benzene rings is 2. The van der Waals surface area contributed by atoms with Gasteiger partial charge in [0.2, 0.25) is 0 Å². The van der Waals surface area contributed by atoms with Crippen LogP contribution in [0.25, 0.3) is 10.8 Å². The zero-order chi connectivity index (χ0) is 10.7. The Labute approximate surface area is 94.1 Å². The summed E-state index contributed by atoms with van der Waals surface area (Å²) in [4.78, 5) is 1.25. The molecule has 2 heteroatoms. The lowest BCUT2D eigenvalue weighted by molar-refractivity contribution is 0.481. The summed E-state index contributed by atoms with van der Waals surface area (Å²) in [5.74, 6) is 1.49. The Morgan fingerprint density at radius 1 is 1.07 bits per heavy atom. The highest BCUT2D eigenvalue weighted by Crippen LogP contribution is 2.33. The highest BCUT2D eigenvalue weighted by atomic mass is 32.2. The normalized spacial score (nSPS) is 10.7. The van der Waals surface area contributed by atoms with Crippen LogP contribution in [-0.2, 0) is 0 Å². The summed E-state index contributed by atoms with van der Waals surface area (Å²) in [6.07, 6.45) is 1.17. The molecule has 0 aliphatic rings. The van der Waals surface area contributed by atoms with Crippen molar-refractivity contribution in [3.63, 3.8) is 0 Å². The molecule has 0 heterocycles. The van der Waals surface area contributed by atoms with Gasteiger partial charge in [-0.25, -0.2) is 0 Å². The van der Waals surface area contributed by atoms with Crippen molar-refractivity contribution in [3.05, 3.63) is 36.4 Å². The van der Waals surface area contributed by atoms with Crippen LogP contribution in [-0.4, -0.2) is 10.9 Å². The molecule has 78 valence electrons. The molecule has 0 saturated heterocycles. The summed E-state index contributed by atoms with van der Waals surface area (Å²) in [5.41, 5.74) is 0. The average Bonchev–Trinajstić information content (AvgIpc) is 2.29. The third-order valence-electron chi connectivity index (χ3n) is 2.32. The first-order chi connectivity index (χ1) is 7.33. The third-order valence-corrected chi connectivity index (χ3v) is 3.60. The maximum absolute atomic E-state index is 9.71. The third kappa shape index (κ3) is 2.10. The van der Waals surface area contributed by atoms with Crippen LogP contribution in [0.3, 0.4) is 0 Å². The van der Waals surface area contributed by atoms with Crippen LogP contribution in [0.1, 0.15) is 13.3 Å². The van der Waals surface area contributed by atoms with Crippen LogP contribution in [0.15, 0.2) is 41.3 Å². The summed E-state index contributed by atoms with van der Waals surface area (Å²) < 4.78 is 0. The van der Waals surface area contributed by atoms with Crippen LogP contribution in [0.4, 0.5) is 0 Å². The molecule has 2 rings (SSSR count). The largest absolute Gasteiger partial charge is 0.507 e. The van der Waals surface area contributed by atoms with Crippen LogP contribution >= 0.6 is 11.8 Å². The van der Waals surface area contributed by atoms with E-state index in [1.54, 1.807) is 6.07 Å². The van der Waals surface area contributed by atoms with Gasteiger partial charge >= 0.3 is 0 Å². The molecule has 0 atom stereocenters. The van der Waals surface area contributed by atoms with Crippen LogP contribution < -0.4 is 0 Å². The molecule has 0 bridgehead atoms. The molecule has 1 N–H and O–H groups in total. The molecule has 1 nitrogen and oxygen atoms in total. The maximum Gasteiger partial charge on any atom is 0.123 e. The number of phenolic OH excluding ortho intramolecular Hbond substituents is 1. The molecule has 2 aromatic carbocycles. The van der Waals surface area contributed by atoms with Gasteiger partial charge < -0.3 is 5.11 Å². The van der Waals surface area contributed by atoms with Crippen molar-refractivity contribution in [3.8, 4) is 5.75 Å². The van der Waals surface area contributed by atoms with Gasteiger partial charge in [-0.2, -0.15) is 0 Å². The number of fused-ring (bicyclic) bond motifs is 1. The summed E-state index contributed by atoms with van der Waals surface area (Å²) in [7, 11) is 0. The van der Waals surface area contributed by atoms with E-state index in [0.717, 1.165) is 16.5 Å². The first kappa shape index (κ1) is 10.4. The van der Waals surface area contributed by atoms with E-state index in [1.165, 1.54) is 11.3 Å². The molecular weight excluding hydrogens is 204 g/mol. The van der Waals surface area contributed by atoms with Crippen molar-refractivity contribution in [2.45, 2.75) is 18.2 Å². The summed E-state index contributed by atoms with van der Waals surface area (Å²) >= 11 is 1.85. The van der Waals surface area contributed by atoms with Gasteiger partial charge in [-0.05, 0) is 29.7 Å². The van der Waals surface area contributed by atoms with Gasteiger partial charge in [0, 0.05) is 10.3 Å². The van der Waals surface area contributed by atoms with Gasteiger partial charge in [0.25, 0.3) is 0 Å². The molecule has 0 unspecified atom stereocenters. The van der Waals surface area contributed by atoms with Crippen LogP contribution in [0.5, 0.6) is 5.75 Å². The van der Waals surface area contributed by atoms with Gasteiger partial charge in [0.05, 0.1) is 0 Å². The molecule has 0 saturated carbocycles. The topological polar surface area (TPSA) is 20.2 Å². The summed E-state index contributed by atoms with van der Waals surface area (Å²) in [6.45, 7) is 2.18. The van der Waals surface area contributed by atoms with E-state index in [-0.39, 0.29) is 0 Å². The fourth-order valence-corrected chi connectivity index (χ4v) is 2.52. The van der Waals surface area contributed by atoms with E-state index < -0.39 is 0 Å². The zero-order valence-electron chi connectivity index (χ0n) is 8.73. The minimum atomic E-state index is 0.367. The predicted molar refractivity (Wildman–Crippen MR) is 66.6 cm³/mol. The predicted octanol–water partition coefficient (Wildman–Crippen LogP) is 4.05. The molecular formula is C13H14OS. The number of thioether (sulfide) groups is 1. The van der Waals surface area contributed by atoms with Crippen LogP contribution in [0.2, 0.25) is 0 Å². The summed E-state index contributed by atoms with van der Waals surface area (Å²) in [6, 6.07) is 11.8. The fourth-order valence-electron chi connectivity index (χ4n) is 1.59. The van der Waals surface area contributed by atoms with Crippen molar-refractivity contribution < 1.29 is 5.11 Å². The lowest BCUT2D eigenvalue weighted by Crippen LogP contribution is -1.80. The van der Waals surface area contributed by atoms with E-state index in [9.17, 15) is 5.11 Å². The second-order valence-corrected chi connectivity index (χ2v) is 4.61. The van der Waals surface area contributed by atoms with Crippen molar-refractivity contribution in [1.82, 2.24) is 0 Å². The number of aromatic hydroxyl groups is 1. The quantitative estimate of drug-likeness (QED) is 0.784. The zero-order valence-corrected chi connectivity index (χ0v) is 9.55. The highest BCUT2D eigenvalue weighted by molar-refractivity contribution is 7.99. The first-order valence-electron chi connectivity index (χ1n) is 5.16. The van der Waals surface area contributed by atoms with Crippen molar-refractivity contribution >= 4 is 22.5 Å². The van der Waals surface area contributed by atoms with Gasteiger partial charge in [-0.3, -0.25) is 0 Å². The van der Waals surface area contributed by atoms with Gasteiger partial charge in [-0.1, -0.05) is 31.2 Å². The number of hydrogen-bond acceptors (Lipinski definition) is 2. The Kier molecular flexibility index (Phi) is 3.17. The molecule has 0 amide bonds. The van der Waals surface area contributed by atoms with E-state index in [2.05, 4.69) is 13.0 Å². The molecule has 15 heavy (non-hydrogen) atoms. The maximum atomic E-state index is 9.71. The molecule has 0 spiro atoms. The lowest BCUT2D eigenvalue weighted by Gasteiger charge is -2.06. The van der Waals surface area contributed by atoms with Gasteiger partial charge in [0.15, 0.2) is 0 Å². The Balaban J connectivity index is 2.51. The van der Waals surface area contributed by atoms with E-state index in [4.69, 9.17) is 0 Å². The fraction of sp³-hybridized carbons (Fsp3) is 0.231. The van der Waals surface area contributed by atoms with Crippen molar-refractivity contribution in [1.29, 1.82) is 0 Å². The molecule has 0 aromatic heterocycles. The summed E-state index contributed by atoms with van der Waals surface area (Å²) in [5, 5.41) is 11.8. The van der Waals surface area contributed by atoms with Gasteiger partial charge in [-0.15, -0.1) is 11.8 Å². The Morgan fingerprint density at radius 2 is 1.80 bits per heavy atom. The Morgan fingerprint density at radius 3 is 2.53 bits per heavy atom. The van der Waals surface area contributed by atoms with Gasteiger partial charge in [0.1, 0.15) is 5.75 Å². The smallest absolute Gasteiger partial charge is 0.123 e. The molecule has 0 aliphatic heterocycles. The minimum absolute atomic E-state index is 0.367. The monoisotopic (exact) mass is 218 g/mol. The Hall–Kier alpha value is -1.15. The number of phenols is 1. The Bertz CT molecular complexity index is 465.